The Morgan fingerprint density at radius 3 is 2.62 bits per heavy atom. The number of urea groups is 1. The van der Waals surface area contributed by atoms with Crippen molar-refractivity contribution in [2.24, 2.45) is 0 Å². The topological polar surface area (TPSA) is 58.4 Å². The first kappa shape index (κ1) is 20.1. The summed E-state index contributed by atoms with van der Waals surface area (Å²) in [6.07, 6.45) is 1.46. The van der Waals surface area contributed by atoms with Crippen LogP contribution in [0.25, 0.3) is 22.2 Å². The normalized spacial score (nSPS) is 16.0. The molecule has 0 bridgehead atoms. The predicted molar refractivity (Wildman–Crippen MR) is 113 cm³/mol. The molecule has 3 aromatic carbocycles. The standard InChI is InChI=1S/C24H18F3N3O2/c25-16-3-1-4-17(13-16)28-24(31)30-10-2-5-21(30)23-29-20-12-15(7-9-22(20)32-23)14-6-8-18(26)19(27)11-14/h1,3-4,6-9,11-13,21H,2,5,10H2,(H,28,31). The molecular weight excluding hydrogens is 419 g/mol. The lowest BCUT2D eigenvalue weighted by Gasteiger charge is -2.22. The van der Waals surface area contributed by atoms with Gasteiger partial charge in [-0.15, -0.1) is 0 Å². The van der Waals surface area contributed by atoms with Gasteiger partial charge in [0.15, 0.2) is 17.2 Å². The number of hydrogen-bond acceptors (Lipinski definition) is 3. The minimum absolute atomic E-state index is 0.358. The minimum Gasteiger partial charge on any atom is -0.438 e. The van der Waals surface area contributed by atoms with Gasteiger partial charge in [-0.3, -0.25) is 0 Å². The van der Waals surface area contributed by atoms with Crippen LogP contribution in [0.1, 0.15) is 24.8 Å². The van der Waals surface area contributed by atoms with Crippen LogP contribution in [0.2, 0.25) is 0 Å². The summed E-state index contributed by atoms with van der Waals surface area (Å²) in [4.78, 5) is 19.0. The van der Waals surface area contributed by atoms with Gasteiger partial charge in [0.25, 0.3) is 0 Å². The van der Waals surface area contributed by atoms with Crippen molar-refractivity contribution < 1.29 is 22.4 Å². The third-order valence-electron chi connectivity index (χ3n) is 5.53. The number of nitrogens with zero attached hydrogens (tertiary/aromatic N) is 2. The van der Waals surface area contributed by atoms with Crippen LogP contribution in [-0.2, 0) is 0 Å². The van der Waals surface area contributed by atoms with E-state index in [-0.39, 0.29) is 12.1 Å². The Kier molecular flexibility index (Phi) is 5.05. The zero-order chi connectivity index (χ0) is 22.2. The lowest BCUT2D eigenvalue weighted by atomic mass is 10.1. The van der Waals surface area contributed by atoms with Crippen LogP contribution in [0.5, 0.6) is 0 Å². The van der Waals surface area contributed by atoms with Crippen LogP contribution in [0.4, 0.5) is 23.7 Å². The van der Waals surface area contributed by atoms with E-state index in [9.17, 15) is 18.0 Å². The van der Waals surface area contributed by atoms with Gasteiger partial charge in [-0.2, -0.15) is 0 Å². The van der Waals surface area contributed by atoms with Gasteiger partial charge >= 0.3 is 6.03 Å². The van der Waals surface area contributed by atoms with E-state index >= 15 is 0 Å². The van der Waals surface area contributed by atoms with Crippen molar-refractivity contribution in [3.63, 3.8) is 0 Å². The molecule has 1 fully saturated rings. The van der Waals surface area contributed by atoms with Crippen LogP contribution in [0, 0.1) is 17.5 Å². The molecule has 1 saturated heterocycles. The van der Waals surface area contributed by atoms with Gasteiger partial charge in [0.2, 0.25) is 5.89 Å². The molecule has 1 atom stereocenters. The summed E-state index contributed by atoms with van der Waals surface area (Å²) in [6.45, 7) is 0.518. The number of rotatable bonds is 3. The smallest absolute Gasteiger partial charge is 0.322 e. The third-order valence-corrected chi connectivity index (χ3v) is 5.53. The number of anilines is 1. The molecule has 32 heavy (non-hydrogen) atoms. The molecule has 1 N–H and O–H groups in total. The maximum atomic E-state index is 13.6. The molecule has 0 radical (unpaired) electrons. The lowest BCUT2D eigenvalue weighted by molar-refractivity contribution is 0.199. The van der Waals surface area contributed by atoms with E-state index in [0.717, 1.165) is 18.6 Å². The number of oxazole rings is 1. The van der Waals surface area contributed by atoms with Gasteiger partial charge in [-0.1, -0.05) is 18.2 Å². The Hall–Kier alpha value is -3.81. The van der Waals surface area contributed by atoms with Crippen molar-refractivity contribution in [2.75, 3.05) is 11.9 Å². The molecular formula is C24H18F3N3O2. The second kappa shape index (κ2) is 8.03. The molecule has 0 aliphatic carbocycles. The molecule has 162 valence electrons. The van der Waals surface area contributed by atoms with Crippen LogP contribution >= 0.6 is 0 Å². The minimum atomic E-state index is -0.922. The average Bonchev–Trinajstić information content (AvgIpc) is 3.42. The Morgan fingerprint density at radius 1 is 1.00 bits per heavy atom. The highest BCUT2D eigenvalue weighted by Crippen LogP contribution is 2.35. The molecule has 1 aromatic heterocycles. The zero-order valence-corrected chi connectivity index (χ0v) is 16.8. The summed E-state index contributed by atoms with van der Waals surface area (Å²) in [6, 6.07) is 13.9. The maximum absolute atomic E-state index is 13.6. The van der Waals surface area contributed by atoms with Crippen molar-refractivity contribution in [3.05, 3.63) is 84.0 Å². The number of fused-ring (bicyclic) bond motifs is 1. The molecule has 0 spiro atoms. The average molecular weight is 437 g/mol. The summed E-state index contributed by atoms with van der Waals surface area (Å²) in [5.41, 5.74) is 2.65. The number of aromatic nitrogens is 1. The Morgan fingerprint density at radius 2 is 1.81 bits per heavy atom. The highest BCUT2D eigenvalue weighted by molar-refractivity contribution is 5.90. The molecule has 4 aromatic rings. The second-order valence-electron chi connectivity index (χ2n) is 7.66. The summed E-state index contributed by atoms with van der Waals surface area (Å²) in [5, 5.41) is 2.71. The first-order chi connectivity index (χ1) is 15.5. The molecule has 2 heterocycles. The number of halogens is 3. The second-order valence-corrected chi connectivity index (χ2v) is 7.66. The van der Waals surface area contributed by atoms with E-state index in [4.69, 9.17) is 4.42 Å². The van der Waals surface area contributed by atoms with Crippen LogP contribution < -0.4 is 5.32 Å². The van der Waals surface area contributed by atoms with Crippen LogP contribution in [-0.4, -0.2) is 22.5 Å². The lowest BCUT2D eigenvalue weighted by Crippen LogP contribution is -2.34. The van der Waals surface area contributed by atoms with Crippen molar-refractivity contribution in [1.29, 1.82) is 0 Å². The largest absolute Gasteiger partial charge is 0.438 e. The van der Waals surface area contributed by atoms with E-state index in [1.54, 1.807) is 29.2 Å². The predicted octanol–water partition coefficient (Wildman–Crippen LogP) is 6.28. The van der Waals surface area contributed by atoms with Crippen molar-refractivity contribution in [1.82, 2.24) is 9.88 Å². The highest BCUT2D eigenvalue weighted by atomic mass is 19.2. The van der Waals surface area contributed by atoms with E-state index in [1.807, 2.05) is 0 Å². The summed E-state index contributed by atoms with van der Waals surface area (Å²) >= 11 is 0. The van der Waals surface area contributed by atoms with Gasteiger partial charge in [-0.05, 0) is 66.4 Å². The molecule has 5 nitrogen and oxygen atoms in total. The van der Waals surface area contributed by atoms with Crippen molar-refractivity contribution in [3.8, 4) is 11.1 Å². The van der Waals surface area contributed by atoms with Crippen molar-refractivity contribution >= 4 is 22.8 Å². The third kappa shape index (κ3) is 3.79. The molecule has 8 heteroatoms. The monoisotopic (exact) mass is 437 g/mol. The van der Waals surface area contributed by atoms with Crippen LogP contribution in [0.15, 0.2) is 65.1 Å². The molecule has 2 amide bonds. The van der Waals surface area contributed by atoms with E-state index in [2.05, 4.69) is 10.3 Å². The number of carbonyl (C=O) groups is 1. The fourth-order valence-electron chi connectivity index (χ4n) is 3.97. The molecule has 1 aliphatic rings. The fourth-order valence-corrected chi connectivity index (χ4v) is 3.97. The number of likely N-dealkylation sites (tertiary alicyclic amines) is 1. The number of nitrogens with one attached hydrogen (secondary N) is 1. The van der Waals surface area contributed by atoms with Gasteiger partial charge in [0.05, 0.1) is 0 Å². The Balaban J connectivity index is 1.40. The first-order valence-corrected chi connectivity index (χ1v) is 10.2. The molecule has 1 aliphatic heterocycles. The Bertz CT molecular complexity index is 1320. The highest BCUT2D eigenvalue weighted by Gasteiger charge is 2.33. The van der Waals surface area contributed by atoms with E-state index < -0.39 is 17.5 Å². The zero-order valence-electron chi connectivity index (χ0n) is 16.8. The number of carbonyl (C=O) groups excluding carboxylic acids is 1. The van der Waals surface area contributed by atoms with Gasteiger partial charge < -0.3 is 14.6 Å². The fraction of sp³-hybridized carbons (Fsp3) is 0.167. The SMILES string of the molecule is O=C(Nc1cccc(F)c1)N1CCCC1c1nc2cc(-c3ccc(F)c(F)c3)ccc2o1. The van der Waals surface area contributed by atoms with E-state index in [1.165, 1.54) is 24.3 Å². The molecule has 5 rings (SSSR count). The van der Waals surface area contributed by atoms with Crippen molar-refractivity contribution in [2.45, 2.75) is 18.9 Å². The van der Waals surface area contributed by atoms with Gasteiger partial charge in [0.1, 0.15) is 17.4 Å². The first-order valence-electron chi connectivity index (χ1n) is 10.2. The number of amides is 2. The summed E-state index contributed by atoms with van der Waals surface area (Å²) in [7, 11) is 0. The van der Waals surface area contributed by atoms with Gasteiger partial charge in [-0.25, -0.2) is 22.9 Å². The summed E-state index contributed by atoms with van der Waals surface area (Å²) < 4.78 is 46.2. The van der Waals surface area contributed by atoms with Crippen LogP contribution in [0.3, 0.4) is 0 Å². The summed E-state index contributed by atoms with van der Waals surface area (Å²) in [5.74, 6) is -1.86. The van der Waals surface area contributed by atoms with Gasteiger partial charge in [0, 0.05) is 12.2 Å². The maximum Gasteiger partial charge on any atom is 0.322 e. The Labute approximate surface area is 181 Å². The molecule has 0 saturated carbocycles. The van der Waals surface area contributed by atoms with E-state index in [0.29, 0.717) is 46.8 Å². The number of benzene rings is 3. The number of hydrogen-bond donors (Lipinski definition) is 1. The molecule has 1 unspecified atom stereocenters. The quantitative estimate of drug-likeness (QED) is 0.410.